The molecule has 1 aliphatic heterocycles. The van der Waals surface area contributed by atoms with Crippen molar-refractivity contribution >= 4 is 17.5 Å². The number of hydrogen-bond acceptors (Lipinski definition) is 5. The van der Waals surface area contributed by atoms with E-state index in [0.717, 1.165) is 25.9 Å². The molecule has 0 aromatic heterocycles. The minimum Gasteiger partial charge on any atom is -0.491 e. The summed E-state index contributed by atoms with van der Waals surface area (Å²) >= 11 is 0. The molecule has 174 valence electrons. The maximum atomic E-state index is 13.2. The van der Waals surface area contributed by atoms with E-state index in [-0.39, 0.29) is 29.9 Å². The van der Waals surface area contributed by atoms with E-state index in [9.17, 15) is 9.59 Å². The van der Waals surface area contributed by atoms with Crippen LogP contribution in [0.15, 0.2) is 18.2 Å². The molecule has 1 heterocycles. The predicted molar refractivity (Wildman–Crippen MR) is 124 cm³/mol. The van der Waals surface area contributed by atoms with Crippen LogP contribution in [0.25, 0.3) is 0 Å². The van der Waals surface area contributed by atoms with E-state index < -0.39 is 0 Å². The van der Waals surface area contributed by atoms with Gasteiger partial charge in [-0.1, -0.05) is 20.8 Å². The molecule has 0 spiro atoms. The summed E-state index contributed by atoms with van der Waals surface area (Å²) in [7, 11) is 3.50. The van der Waals surface area contributed by atoms with Crippen molar-refractivity contribution in [1.82, 2.24) is 9.80 Å². The Bertz CT molecular complexity index is 740. The number of nitrogens with one attached hydrogen (secondary N) is 1. The van der Waals surface area contributed by atoms with Crippen molar-refractivity contribution < 1.29 is 19.1 Å². The van der Waals surface area contributed by atoms with Crippen molar-refractivity contribution in [2.75, 3.05) is 45.7 Å². The Labute approximate surface area is 187 Å². The van der Waals surface area contributed by atoms with Crippen molar-refractivity contribution in [3.63, 3.8) is 0 Å². The Morgan fingerprint density at radius 3 is 2.61 bits per heavy atom. The topological polar surface area (TPSA) is 71.1 Å². The normalized spacial score (nSPS) is 23.4. The standard InChI is InChI=1S/C24H39N3O4/c1-7-9-23(28)25-19-10-11-20-21(13-19)31-16-18(4)27(12-8-2)14-17(3)22(30-6)15-26(5)24(20)29/h10-11,13,17-18,22H,7-9,12,14-16H2,1-6H3,(H,25,28)/t17-,18+,22-/m0/s1. The van der Waals surface area contributed by atoms with Gasteiger partial charge < -0.3 is 19.7 Å². The van der Waals surface area contributed by atoms with Gasteiger partial charge in [0.25, 0.3) is 5.91 Å². The number of nitrogens with zero attached hydrogens (tertiary/aromatic N) is 2. The lowest BCUT2D eigenvalue weighted by Crippen LogP contribution is -2.46. The molecule has 0 aliphatic carbocycles. The first-order chi connectivity index (χ1) is 14.8. The molecule has 0 saturated heterocycles. The third kappa shape index (κ3) is 6.94. The number of carbonyl (C=O) groups excluding carboxylic acids is 2. The smallest absolute Gasteiger partial charge is 0.257 e. The van der Waals surface area contributed by atoms with Gasteiger partial charge in [-0.3, -0.25) is 14.5 Å². The molecule has 0 fully saturated rings. The fourth-order valence-electron chi connectivity index (χ4n) is 3.97. The highest BCUT2D eigenvalue weighted by atomic mass is 16.5. The Balaban J connectivity index is 2.38. The Kier molecular flexibility index (Phi) is 9.78. The van der Waals surface area contributed by atoms with Crippen LogP contribution in [0.5, 0.6) is 5.75 Å². The fraction of sp³-hybridized carbons (Fsp3) is 0.667. The number of methoxy groups -OCH3 is 1. The maximum absolute atomic E-state index is 13.2. The largest absolute Gasteiger partial charge is 0.491 e. The monoisotopic (exact) mass is 433 g/mol. The van der Waals surface area contributed by atoms with Crippen LogP contribution in [0.2, 0.25) is 0 Å². The molecule has 2 rings (SSSR count). The Morgan fingerprint density at radius 2 is 1.97 bits per heavy atom. The SMILES string of the molecule is CCCC(=O)Nc1ccc2c(c1)OC[C@@H](C)N(CCC)C[C@H](C)[C@@H](OC)CN(C)C2=O. The highest BCUT2D eigenvalue weighted by Gasteiger charge is 2.28. The van der Waals surface area contributed by atoms with Crippen molar-refractivity contribution in [2.45, 2.75) is 59.1 Å². The number of likely N-dealkylation sites (N-methyl/N-ethyl adjacent to an activating group) is 1. The molecule has 1 aromatic rings. The van der Waals surface area contributed by atoms with E-state index in [1.54, 1.807) is 37.3 Å². The highest BCUT2D eigenvalue weighted by Crippen LogP contribution is 2.27. The lowest BCUT2D eigenvalue weighted by molar-refractivity contribution is -0.116. The van der Waals surface area contributed by atoms with Gasteiger partial charge in [0, 0.05) is 51.5 Å². The minimum atomic E-state index is -0.116. The first-order valence-electron chi connectivity index (χ1n) is 11.4. The maximum Gasteiger partial charge on any atom is 0.257 e. The molecule has 31 heavy (non-hydrogen) atoms. The molecule has 0 saturated carbocycles. The molecule has 1 aliphatic rings. The minimum absolute atomic E-state index is 0.0431. The zero-order valence-corrected chi connectivity index (χ0v) is 19.9. The van der Waals surface area contributed by atoms with E-state index in [1.807, 2.05) is 6.92 Å². The number of rotatable bonds is 6. The second-order valence-electron chi connectivity index (χ2n) is 8.60. The van der Waals surface area contributed by atoms with Crippen LogP contribution in [0.4, 0.5) is 5.69 Å². The first kappa shape index (κ1) is 25.1. The summed E-state index contributed by atoms with van der Waals surface area (Å²) in [6, 6.07) is 5.43. The molecule has 7 heteroatoms. The van der Waals surface area contributed by atoms with E-state index in [4.69, 9.17) is 9.47 Å². The third-order valence-corrected chi connectivity index (χ3v) is 5.85. The molecular formula is C24H39N3O4. The lowest BCUT2D eigenvalue weighted by atomic mass is 10.0. The quantitative estimate of drug-likeness (QED) is 0.742. The van der Waals surface area contributed by atoms with E-state index >= 15 is 0 Å². The van der Waals surface area contributed by atoms with Crippen LogP contribution in [0.1, 0.15) is 57.3 Å². The summed E-state index contributed by atoms with van der Waals surface area (Å²) in [5, 5.41) is 2.89. The lowest BCUT2D eigenvalue weighted by Gasteiger charge is -2.35. The Hall–Kier alpha value is -2.12. The second kappa shape index (κ2) is 12.1. The van der Waals surface area contributed by atoms with Crippen LogP contribution in [0, 0.1) is 5.92 Å². The van der Waals surface area contributed by atoms with Crippen LogP contribution in [-0.2, 0) is 9.53 Å². The number of hydrogen-bond donors (Lipinski definition) is 1. The average Bonchev–Trinajstić information content (AvgIpc) is 2.74. The van der Waals surface area contributed by atoms with Crippen LogP contribution >= 0.6 is 0 Å². The predicted octanol–water partition coefficient (Wildman–Crippen LogP) is 3.64. The molecule has 3 atom stereocenters. The van der Waals surface area contributed by atoms with Gasteiger partial charge in [-0.15, -0.1) is 0 Å². The van der Waals surface area contributed by atoms with Crippen LogP contribution in [-0.4, -0.2) is 74.2 Å². The van der Waals surface area contributed by atoms with Gasteiger partial charge >= 0.3 is 0 Å². The number of amides is 2. The first-order valence-corrected chi connectivity index (χ1v) is 11.4. The molecule has 0 unspecified atom stereocenters. The summed E-state index contributed by atoms with van der Waals surface area (Å²) in [5.74, 6) is 0.606. The molecular weight excluding hydrogens is 394 g/mol. The highest BCUT2D eigenvalue weighted by molar-refractivity contribution is 5.98. The van der Waals surface area contributed by atoms with E-state index in [0.29, 0.717) is 36.6 Å². The summed E-state index contributed by atoms with van der Waals surface area (Å²) in [6.07, 6.45) is 2.23. The second-order valence-corrected chi connectivity index (χ2v) is 8.60. The number of ether oxygens (including phenoxy) is 2. The number of anilines is 1. The van der Waals surface area contributed by atoms with E-state index in [1.165, 1.54) is 0 Å². The van der Waals surface area contributed by atoms with Gasteiger partial charge in [0.1, 0.15) is 12.4 Å². The molecule has 1 N–H and O–H groups in total. The summed E-state index contributed by atoms with van der Waals surface area (Å²) in [4.78, 5) is 29.3. The van der Waals surface area contributed by atoms with Crippen LogP contribution < -0.4 is 10.1 Å². The van der Waals surface area contributed by atoms with Gasteiger partial charge in [0.2, 0.25) is 5.91 Å². The zero-order chi connectivity index (χ0) is 23.0. The molecule has 0 radical (unpaired) electrons. The van der Waals surface area contributed by atoms with Gasteiger partial charge in [0.15, 0.2) is 0 Å². The molecule has 2 amide bonds. The number of fused-ring (bicyclic) bond motifs is 1. The van der Waals surface area contributed by atoms with Crippen molar-refractivity contribution in [3.8, 4) is 5.75 Å². The van der Waals surface area contributed by atoms with Crippen molar-refractivity contribution in [3.05, 3.63) is 23.8 Å². The molecule has 7 nitrogen and oxygen atoms in total. The van der Waals surface area contributed by atoms with Crippen molar-refractivity contribution in [2.24, 2.45) is 5.92 Å². The number of benzene rings is 1. The van der Waals surface area contributed by atoms with Crippen LogP contribution in [0.3, 0.4) is 0 Å². The van der Waals surface area contributed by atoms with E-state index in [2.05, 4.69) is 31.0 Å². The average molecular weight is 434 g/mol. The summed E-state index contributed by atoms with van der Waals surface area (Å²) < 4.78 is 11.9. The van der Waals surface area contributed by atoms with Crippen molar-refractivity contribution in [1.29, 1.82) is 0 Å². The van der Waals surface area contributed by atoms with Gasteiger partial charge in [-0.2, -0.15) is 0 Å². The van der Waals surface area contributed by atoms with Gasteiger partial charge in [-0.25, -0.2) is 0 Å². The zero-order valence-electron chi connectivity index (χ0n) is 19.9. The van der Waals surface area contributed by atoms with Gasteiger partial charge in [-0.05, 0) is 44.4 Å². The summed E-state index contributed by atoms with van der Waals surface area (Å²) in [6.45, 7) is 11.3. The Morgan fingerprint density at radius 1 is 1.23 bits per heavy atom. The summed E-state index contributed by atoms with van der Waals surface area (Å²) in [5.41, 5.74) is 1.13. The third-order valence-electron chi connectivity index (χ3n) is 5.85. The van der Waals surface area contributed by atoms with Gasteiger partial charge in [0.05, 0.1) is 11.7 Å². The fourth-order valence-corrected chi connectivity index (χ4v) is 3.97. The molecule has 0 bridgehead atoms. The molecule has 1 aromatic carbocycles. The number of carbonyl (C=O) groups is 2.